The number of hydrogen-bond acceptors (Lipinski definition) is 1. The van der Waals surface area contributed by atoms with Crippen molar-refractivity contribution in [1.82, 2.24) is 0 Å². The first-order valence-electron chi connectivity index (χ1n) is 7.18. The third kappa shape index (κ3) is 8.98. The van der Waals surface area contributed by atoms with Crippen molar-refractivity contribution in [2.45, 2.75) is 65.7 Å². The zero-order valence-electron chi connectivity index (χ0n) is 12.4. The minimum absolute atomic E-state index is 0.406. The van der Waals surface area contributed by atoms with Crippen molar-refractivity contribution in [1.29, 1.82) is 0 Å². The number of ketones is 1. The van der Waals surface area contributed by atoms with Gasteiger partial charge in [-0.1, -0.05) is 70.9 Å². The molecule has 0 fully saturated rings. The van der Waals surface area contributed by atoms with Crippen LogP contribution in [0.4, 0.5) is 0 Å². The van der Waals surface area contributed by atoms with Gasteiger partial charge in [0, 0.05) is 12.8 Å². The number of carbonyl (C=O) groups is 1. The number of benzene rings is 1. The fourth-order valence-corrected chi connectivity index (χ4v) is 1.59. The van der Waals surface area contributed by atoms with Gasteiger partial charge in [-0.3, -0.25) is 4.79 Å². The van der Waals surface area contributed by atoms with E-state index in [0.717, 1.165) is 12.8 Å². The van der Waals surface area contributed by atoms with E-state index < -0.39 is 0 Å². The summed E-state index contributed by atoms with van der Waals surface area (Å²) < 4.78 is 0. The van der Waals surface area contributed by atoms with Crippen molar-refractivity contribution in [3.05, 3.63) is 35.9 Å². The third-order valence-corrected chi connectivity index (χ3v) is 2.92. The standard InChI is InChI=1S/C9H12.C8H16O/c1-8(2)9-6-4-3-5-7-9;1-3-5-6-7-8(9)4-2/h3-8H,1-2H3;3-7H2,1-2H3. The summed E-state index contributed by atoms with van der Waals surface area (Å²) in [6.07, 6.45) is 5.00. The second-order valence-corrected chi connectivity index (χ2v) is 4.91. The van der Waals surface area contributed by atoms with Gasteiger partial charge in [-0.05, 0) is 17.9 Å². The predicted octanol–water partition coefficient (Wildman–Crippen LogP) is 5.36. The van der Waals surface area contributed by atoms with Gasteiger partial charge in [-0.2, -0.15) is 0 Å². The van der Waals surface area contributed by atoms with Crippen LogP contribution < -0.4 is 0 Å². The molecule has 102 valence electrons. The summed E-state index contributed by atoms with van der Waals surface area (Å²) in [5, 5.41) is 0. The lowest BCUT2D eigenvalue weighted by Crippen LogP contribution is -1.93. The van der Waals surface area contributed by atoms with Gasteiger partial charge in [0.15, 0.2) is 0 Å². The lowest BCUT2D eigenvalue weighted by atomic mass is 10.0. The summed E-state index contributed by atoms with van der Waals surface area (Å²) in [5.74, 6) is 1.06. The molecule has 0 amide bonds. The lowest BCUT2D eigenvalue weighted by Gasteiger charge is -2.01. The van der Waals surface area contributed by atoms with E-state index in [1.165, 1.54) is 18.4 Å². The van der Waals surface area contributed by atoms with Gasteiger partial charge in [-0.25, -0.2) is 0 Å². The van der Waals surface area contributed by atoms with Crippen LogP contribution in [-0.4, -0.2) is 5.78 Å². The maximum Gasteiger partial charge on any atom is 0.132 e. The molecule has 0 aliphatic carbocycles. The number of unbranched alkanes of at least 4 members (excludes halogenated alkanes) is 2. The molecule has 0 saturated heterocycles. The molecule has 0 atom stereocenters. The van der Waals surface area contributed by atoms with Gasteiger partial charge in [-0.15, -0.1) is 0 Å². The fraction of sp³-hybridized carbons (Fsp3) is 0.588. The Kier molecular flexibility index (Phi) is 10.3. The SMILES string of the molecule is CC(C)c1ccccc1.CCCCCC(=O)CC. The van der Waals surface area contributed by atoms with Crippen molar-refractivity contribution in [3.8, 4) is 0 Å². The van der Waals surface area contributed by atoms with Crippen molar-refractivity contribution in [2.24, 2.45) is 0 Å². The van der Waals surface area contributed by atoms with Crippen LogP contribution in [-0.2, 0) is 4.79 Å². The Hall–Kier alpha value is -1.11. The Morgan fingerprint density at radius 3 is 2.06 bits per heavy atom. The van der Waals surface area contributed by atoms with Crippen LogP contribution >= 0.6 is 0 Å². The Bertz CT molecular complexity index is 301. The molecule has 1 aromatic carbocycles. The third-order valence-electron chi connectivity index (χ3n) is 2.92. The molecule has 0 heterocycles. The van der Waals surface area contributed by atoms with Crippen LogP contribution in [0.15, 0.2) is 30.3 Å². The summed E-state index contributed by atoms with van der Waals surface area (Å²) in [6, 6.07) is 10.5. The molecule has 0 saturated carbocycles. The molecule has 0 aliphatic heterocycles. The van der Waals surface area contributed by atoms with E-state index in [-0.39, 0.29) is 0 Å². The normalized spacial score (nSPS) is 9.83. The minimum atomic E-state index is 0.406. The Balaban J connectivity index is 0.000000321. The molecule has 1 rings (SSSR count). The summed E-state index contributed by atoms with van der Waals surface area (Å²) in [7, 11) is 0. The molecule has 0 N–H and O–H groups in total. The summed E-state index contributed by atoms with van der Waals surface area (Å²) in [5.41, 5.74) is 1.41. The smallest absolute Gasteiger partial charge is 0.132 e. The van der Waals surface area contributed by atoms with Gasteiger partial charge >= 0.3 is 0 Å². The molecule has 1 nitrogen and oxygen atoms in total. The highest BCUT2D eigenvalue weighted by Gasteiger charge is 1.95. The van der Waals surface area contributed by atoms with Gasteiger partial charge in [0.25, 0.3) is 0 Å². The van der Waals surface area contributed by atoms with Gasteiger partial charge in [0.05, 0.1) is 0 Å². The van der Waals surface area contributed by atoms with Gasteiger partial charge < -0.3 is 0 Å². The Morgan fingerprint density at radius 1 is 1.06 bits per heavy atom. The molecule has 0 radical (unpaired) electrons. The van der Waals surface area contributed by atoms with Gasteiger partial charge in [0.1, 0.15) is 5.78 Å². The van der Waals surface area contributed by atoms with Crippen LogP contribution in [0.5, 0.6) is 0 Å². The lowest BCUT2D eigenvalue weighted by molar-refractivity contribution is -0.118. The monoisotopic (exact) mass is 248 g/mol. The molecule has 1 aromatic rings. The molecule has 0 bridgehead atoms. The van der Waals surface area contributed by atoms with Crippen LogP contribution in [0.2, 0.25) is 0 Å². The largest absolute Gasteiger partial charge is 0.300 e. The van der Waals surface area contributed by atoms with E-state index in [4.69, 9.17) is 0 Å². The maximum absolute atomic E-state index is 10.7. The quantitative estimate of drug-likeness (QED) is 0.620. The minimum Gasteiger partial charge on any atom is -0.300 e. The first kappa shape index (κ1) is 16.9. The number of Topliss-reactive ketones (excluding diaryl/α,β-unsaturated/α-hetero) is 1. The summed E-state index contributed by atoms with van der Waals surface area (Å²) in [6.45, 7) is 8.48. The van der Waals surface area contributed by atoms with Crippen molar-refractivity contribution in [2.75, 3.05) is 0 Å². The maximum atomic E-state index is 10.7. The molecule has 1 heteroatoms. The first-order chi connectivity index (χ1) is 8.61. The van der Waals surface area contributed by atoms with E-state index in [1.807, 2.05) is 13.0 Å². The summed E-state index contributed by atoms with van der Waals surface area (Å²) in [4.78, 5) is 10.7. The second kappa shape index (κ2) is 11.0. The van der Waals surface area contributed by atoms with Crippen LogP contribution in [0.1, 0.15) is 71.3 Å². The van der Waals surface area contributed by atoms with Crippen LogP contribution in [0, 0.1) is 0 Å². The highest BCUT2D eigenvalue weighted by atomic mass is 16.1. The molecule has 0 aliphatic rings. The molecular formula is C17H28O. The van der Waals surface area contributed by atoms with Crippen LogP contribution in [0.25, 0.3) is 0 Å². The fourth-order valence-electron chi connectivity index (χ4n) is 1.59. The molecular weight excluding hydrogens is 220 g/mol. The average molecular weight is 248 g/mol. The molecule has 0 spiro atoms. The van der Waals surface area contributed by atoms with Crippen molar-refractivity contribution < 1.29 is 4.79 Å². The van der Waals surface area contributed by atoms with Crippen LogP contribution in [0.3, 0.4) is 0 Å². The topological polar surface area (TPSA) is 17.1 Å². The number of hydrogen-bond donors (Lipinski definition) is 0. The number of carbonyl (C=O) groups excluding carboxylic acids is 1. The Labute approximate surface area is 113 Å². The highest BCUT2D eigenvalue weighted by Crippen LogP contribution is 2.11. The Morgan fingerprint density at radius 2 is 1.67 bits per heavy atom. The predicted molar refractivity (Wildman–Crippen MR) is 80.0 cm³/mol. The zero-order chi connectivity index (χ0) is 13.8. The van der Waals surface area contributed by atoms with E-state index in [1.54, 1.807) is 0 Å². The van der Waals surface area contributed by atoms with E-state index >= 15 is 0 Å². The zero-order valence-corrected chi connectivity index (χ0v) is 12.4. The highest BCUT2D eigenvalue weighted by molar-refractivity contribution is 5.77. The van der Waals surface area contributed by atoms with Crippen molar-refractivity contribution >= 4 is 5.78 Å². The van der Waals surface area contributed by atoms with Gasteiger partial charge in [0.2, 0.25) is 0 Å². The van der Waals surface area contributed by atoms with E-state index in [9.17, 15) is 4.79 Å². The first-order valence-corrected chi connectivity index (χ1v) is 7.18. The van der Waals surface area contributed by atoms with E-state index in [2.05, 4.69) is 45.0 Å². The molecule has 0 aromatic heterocycles. The second-order valence-electron chi connectivity index (χ2n) is 4.91. The molecule has 18 heavy (non-hydrogen) atoms. The van der Waals surface area contributed by atoms with Crippen molar-refractivity contribution in [3.63, 3.8) is 0 Å². The summed E-state index contributed by atoms with van der Waals surface area (Å²) >= 11 is 0. The molecule has 0 unspecified atom stereocenters. The average Bonchev–Trinajstić information content (AvgIpc) is 2.40. The van der Waals surface area contributed by atoms with E-state index in [0.29, 0.717) is 18.1 Å². The number of rotatable bonds is 6.